The maximum absolute atomic E-state index is 14.2. The highest BCUT2D eigenvalue weighted by Crippen LogP contribution is 2.30. The molecule has 2 aromatic rings. The Morgan fingerprint density at radius 2 is 1.60 bits per heavy atom. The number of halogens is 2. The number of fused-ring (bicyclic) bond motifs is 1. The average Bonchev–Trinajstić information content (AvgIpc) is 3.12. The summed E-state index contributed by atoms with van der Waals surface area (Å²) in [5.74, 6) is -0.640. The highest BCUT2D eigenvalue weighted by molar-refractivity contribution is 9.13. The number of hydrogen-bond donors (Lipinski definition) is 1. The van der Waals surface area contributed by atoms with Crippen molar-refractivity contribution >= 4 is 61.4 Å². The first kappa shape index (κ1) is 36.8. The van der Waals surface area contributed by atoms with Crippen LogP contribution in [0.4, 0.5) is 10.5 Å². The van der Waals surface area contributed by atoms with E-state index >= 15 is 0 Å². The van der Waals surface area contributed by atoms with Crippen molar-refractivity contribution in [2.24, 2.45) is 5.92 Å². The first-order valence-corrected chi connectivity index (χ1v) is 19.5. The maximum atomic E-state index is 14.2. The van der Waals surface area contributed by atoms with Gasteiger partial charge in [-0.3, -0.25) is 24.2 Å². The zero-order chi connectivity index (χ0) is 35.4. The summed E-state index contributed by atoms with van der Waals surface area (Å²) < 4.78 is 7.18. The van der Waals surface area contributed by atoms with Crippen LogP contribution in [0.5, 0.6) is 0 Å². The van der Waals surface area contributed by atoms with Crippen molar-refractivity contribution in [1.29, 1.82) is 0 Å². The number of esters is 1. The molecular weight excluding hydrogens is 768 g/mol. The summed E-state index contributed by atoms with van der Waals surface area (Å²) in [6.45, 7) is 7.45. The number of nitrogens with zero attached hydrogens (tertiary/aromatic N) is 5. The number of urea groups is 1. The topological polar surface area (TPSA) is 106 Å². The quantitative estimate of drug-likeness (QED) is 0.357. The molecule has 0 spiro atoms. The molecule has 11 nitrogen and oxygen atoms in total. The van der Waals surface area contributed by atoms with Gasteiger partial charge in [0.05, 0.1) is 12.5 Å². The van der Waals surface area contributed by atoms with Gasteiger partial charge in [-0.15, -0.1) is 0 Å². The number of carbonyl (C=O) groups is 4. The molecule has 3 saturated heterocycles. The standard InChI is InChI=1S/C37H48Br2N6O5/c1-3-50-36(48)33-24-44(19-18-41(33)2)28-10-16-43(17-11-28)35(47)27(20-25-8-9-30(38)31(39)21-25)22-34(46)42-14-12-29(13-15-42)45-23-26-6-4-5-7-32(26)40-37(45)49/h4-9,21,27-29,33H,3,10-20,22-24H2,1-2H3,(H,40,49). The minimum Gasteiger partial charge on any atom is -0.465 e. The van der Waals surface area contributed by atoms with Crippen molar-refractivity contribution in [3.05, 3.63) is 62.5 Å². The second kappa shape index (κ2) is 16.6. The van der Waals surface area contributed by atoms with Gasteiger partial charge in [0.15, 0.2) is 0 Å². The van der Waals surface area contributed by atoms with Crippen LogP contribution in [0.1, 0.15) is 50.2 Å². The lowest BCUT2D eigenvalue weighted by molar-refractivity contribution is -0.152. The fourth-order valence-electron chi connectivity index (χ4n) is 7.91. The van der Waals surface area contributed by atoms with Crippen LogP contribution >= 0.6 is 31.9 Å². The van der Waals surface area contributed by atoms with Crippen LogP contribution in [0, 0.1) is 5.92 Å². The van der Waals surface area contributed by atoms with E-state index in [-0.39, 0.29) is 42.3 Å². The number of para-hydroxylation sites is 1. The highest BCUT2D eigenvalue weighted by Gasteiger charge is 2.38. The predicted octanol–water partition coefficient (Wildman–Crippen LogP) is 4.97. The molecule has 13 heteroatoms. The Balaban J connectivity index is 1.07. The number of carbonyl (C=O) groups excluding carboxylic acids is 4. The van der Waals surface area contributed by atoms with Crippen molar-refractivity contribution < 1.29 is 23.9 Å². The Morgan fingerprint density at radius 1 is 0.900 bits per heavy atom. The molecule has 270 valence electrons. The van der Waals surface area contributed by atoms with Crippen LogP contribution in [0.25, 0.3) is 0 Å². The van der Waals surface area contributed by atoms with Gasteiger partial charge < -0.3 is 24.8 Å². The molecule has 4 aliphatic rings. The molecule has 3 fully saturated rings. The molecule has 4 amide bonds. The summed E-state index contributed by atoms with van der Waals surface area (Å²) in [5, 5.41) is 3.01. The zero-order valence-electron chi connectivity index (χ0n) is 29.0. The van der Waals surface area contributed by atoms with Gasteiger partial charge in [-0.2, -0.15) is 0 Å². The van der Waals surface area contributed by atoms with E-state index in [1.165, 1.54) is 0 Å². The summed E-state index contributed by atoms with van der Waals surface area (Å²) in [4.78, 5) is 63.7. The summed E-state index contributed by atoms with van der Waals surface area (Å²) in [6.07, 6.45) is 3.69. The normalized spacial score (nSPS) is 21.8. The van der Waals surface area contributed by atoms with E-state index in [4.69, 9.17) is 4.74 Å². The molecule has 6 rings (SSSR count). The molecule has 1 N–H and O–H groups in total. The molecular formula is C37H48Br2N6O5. The van der Waals surface area contributed by atoms with E-state index in [1.54, 1.807) is 0 Å². The van der Waals surface area contributed by atoms with Crippen LogP contribution in [0.3, 0.4) is 0 Å². The molecule has 4 aliphatic heterocycles. The van der Waals surface area contributed by atoms with Crippen LogP contribution in [-0.4, -0.2) is 126 Å². The first-order chi connectivity index (χ1) is 24.1. The summed E-state index contributed by atoms with van der Waals surface area (Å²) >= 11 is 7.14. The van der Waals surface area contributed by atoms with E-state index in [0.717, 1.165) is 51.7 Å². The number of anilines is 1. The van der Waals surface area contributed by atoms with E-state index in [2.05, 4.69) is 47.0 Å². The van der Waals surface area contributed by atoms with E-state index in [9.17, 15) is 19.2 Å². The third kappa shape index (κ3) is 8.54. The number of likely N-dealkylation sites (tertiary alicyclic amines) is 2. The fourth-order valence-corrected chi connectivity index (χ4v) is 8.58. The van der Waals surface area contributed by atoms with Gasteiger partial charge in [-0.1, -0.05) is 24.3 Å². The van der Waals surface area contributed by atoms with E-state index in [0.29, 0.717) is 71.2 Å². The highest BCUT2D eigenvalue weighted by atomic mass is 79.9. The van der Waals surface area contributed by atoms with Gasteiger partial charge >= 0.3 is 12.0 Å². The number of piperidine rings is 2. The van der Waals surface area contributed by atoms with E-state index < -0.39 is 5.92 Å². The predicted molar refractivity (Wildman–Crippen MR) is 198 cm³/mol. The van der Waals surface area contributed by atoms with E-state index in [1.807, 2.05) is 71.1 Å². The van der Waals surface area contributed by atoms with Crippen LogP contribution in [-0.2, 0) is 32.1 Å². The molecule has 2 unspecified atom stereocenters. The van der Waals surface area contributed by atoms with Gasteiger partial charge in [0, 0.05) is 85.5 Å². The molecule has 4 heterocycles. The third-order valence-corrected chi connectivity index (χ3v) is 12.8. The SMILES string of the molecule is CCOC(=O)C1CN(C2CCN(C(=O)C(CC(=O)N3CCC(N4Cc5ccccc5NC4=O)CC3)Cc3ccc(Br)c(Br)c3)CC2)CCN1C. The van der Waals surface area contributed by atoms with Gasteiger partial charge in [0.1, 0.15) is 6.04 Å². The number of piperazine rings is 1. The molecule has 50 heavy (non-hydrogen) atoms. The fraction of sp³-hybridized carbons (Fsp3) is 0.568. The largest absolute Gasteiger partial charge is 0.465 e. The monoisotopic (exact) mass is 814 g/mol. The molecule has 0 aromatic heterocycles. The van der Waals surface area contributed by atoms with Gasteiger partial charge in [-0.05, 0) is 107 Å². The van der Waals surface area contributed by atoms with Crippen LogP contribution in [0.15, 0.2) is 51.4 Å². The molecule has 0 bridgehead atoms. The Bertz CT molecular complexity index is 1560. The molecule has 2 aromatic carbocycles. The number of rotatable bonds is 9. The Morgan fingerprint density at radius 3 is 2.32 bits per heavy atom. The number of likely N-dealkylation sites (N-methyl/N-ethyl adjacent to an activating group) is 1. The van der Waals surface area contributed by atoms with Crippen LogP contribution in [0.2, 0.25) is 0 Å². The summed E-state index contributed by atoms with van der Waals surface area (Å²) in [5.41, 5.74) is 2.96. The Labute approximate surface area is 311 Å². The lowest BCUT2D eigenvalue weighted by Crippen LogP contribution is -2.59. The lowest BCUT2D eigenvalue weighted by atomic mass is 9.92. The number of nitrogens with one attached hydrogen (secondary N) is 1. The van der Waals surface area contributed by atoms with Gasteiger partial charge in [-0.25, -0.2) is 4.79 Å². The number of benzene rings is 2. The van der Waals surface area contributed by atoms with Crippen molar-refractivity contribution in [2.45, 2.75) is 70.1 Å². The average molecular weight is 817 g/mol. The van der Waals surface area contributed by atoms with Crippen LogP contribution < -0.4 is 5.32 Å². The maximum Gasteiger partial charge on any atom is 0.324 e. The molecule has 0 radical (unpaired) electrons. The van der Waals surface area contributed by atoms with Crippen molar-refractivity contribution in [2.75, 3.05) is 64.8 Å². The minimum atomic E-state index is -0.481. The molecule has 2 atom stereocenters. The summed E-state index contributed by atoms with van der Waals surface area (Å²) in [7, 11) is 1.97. The minimum absolute atomic E-state index is 0.0104. The molecule has 0 aliphatic carbocycles. The number of ether oxygens (including phenoxy) is 1. The third-order valence-electron chi connectivity index (χ3n) is 10.9. The number of hydrogen-bond acceptors (Lipinski definition) is 7. The Hall–Kier alpha value is -3.00. The zero-order valence-corrected chi connectivity index (χ0v) is 32.2. The van der Waals surface area contributed by atoms with Crippen molar-refractivity contribution in [1.82, 2.24) is 24.5 Å². The van der Waals surface area contributed by atoms with Crippen molar-refractivity contribution in [3.8, 4) is 0 Å². The van der Waals surface area contributed by atoms with Crippen molar-refractivity contribution in [3.63, 3.8) is 0 Å². The number of amides is 4. The Kier molecular flexibility index (Phi) is 12.2. The first-order valence-electron chi connectivity index (χ1n) is 17.9. The molecule has 0 saturated carbocycles. The lowest BCUT2D eigenvalue weighted by Gasteiger charge is -2.45. The smallest absolute Gasteiger partial charge is 0.324 e. The van der Waals surface area contributed by atoms with Gasteiger partial charge in [0.2, 0.25) is 11.8 Å². The second-order valence-electron chi connectivity index (χ2n) is 14.0. The van der Waals surface area contributed by atoms with Gasteiger partial charge in [0.25, 0.3) is 0 Å². The second-order valence-corrected chi connectivity index (χ2v) is 15.7. The summed E-state index contributed by atoms with van der Waals surface area (Å²) in [6, 6.07) is 13.8.